The van der Waals surface area contributed by atoms with Crippen LogP contribution < -0.4 is 10.5 Å². The van der Waals surface area contributed by atoms with E-state index in [-0.39, 0.29) is 17.4 Å². The van der Waals surface area contributed by atoms with Crippen LogP contribution in [-0.4, -0.2) is 32.8 Å². The minimum Gasteiger partial charge on any atom is -0.345 e. The molecule has 0 aliphatic carbocycles. The smallest absolute Gasteiger partial charge is 0.262 e. The second-order valence-electron chi connectivity index (χ2n) is 7.74. The Morgan fingerprint density at radius 1 is 1.03 bits per heavy atom. The first-order valence-corrected chi connectivity index (χ1v) is 11.9. The predicted octanol–water partition coefficient (Wildman–Crippen LogP) is 4.58. The molecule has 4 aromatic rings. The fourth-order valence-electron chi connectivity index (χ4n) is 3.90. The highest BCUT2D eigenvalue weighted by Crippen LogP contribution is 2.27. The Kier molecular flexibility index (Phi) is 6.19. The molecule has 3 aromatic carbocycles. The van der Waals surface area contributed by atoms with Gasteiger partial charge in [0, 0.05) is 41.2 Å². The average Bonchev–Trinajstić information content (AvgIpc) is 2.78. The molecule has 0 saturated heterocycles. The van der Waals surface area contributed by atoms with Gasteiger partial charge in [-0.2, -0.15) is 0 Å². The molecule has 164 valence electrons. The lowest BCUT2D eigenvalue weighted by Crippen LogP contribution is -2.31. The van der Waals surface area contributed by atoms with E-state index >= 15 is 0 Å². The first kappa shape index (κ1) is 21.9. The molecule has 0 fully saturated rings. The van der Waals surface area contributed by atoms with Gasteiger partial charge in [0.05, 0.1) is 16.9 Å². The molecule has 32 heavy (non-hydrogen) atoms. The van der Waals surface area contributed by atoms with Crippen LogP contribution in [0.5, 0.6) is 0 Å². The van der Waals surface area contributed by atoms with E-state index in [1.165, 1.54) is 12.1 Å². The summed E-state index contributed by atoms with van der Waals surface area (Å²) < 4.78 is 27.1. The van der Waals surface area contributed by atoms with E-state index in [0.717, 1.165) is 16.9 Å². The zero-order valence-electron chi connectivity index (χ0n) is 18.2. The van der Waals surface area contributed by atoms with E-state index in [0.29, 0.717) is 22.5 Å². The maximum Gasteiger partial charge on any atom is 0.262 e. The molecule has 7 heteroatoms. The molecule has 5 nitrogen and oxygen atoms in total. The maximum atomic E-state index is 13.7. The van der Waals surface area contributed by atoms with Crippen molar-refractivity contribution in [3.8, 4) is 0 Å². The first-order chi connectivity index (χ1) is 15.3. The van der Waals surface area contributed by atoms with E-state index in [2.05, 4.69) is 4.98 Å². The second-order valence-corrected chi connectivity index (χ2v) is 9.22. The molecule has 0 amide bonds. The minimum absolute atomic E-state index is 0.179. The van der Waals surface area contributed by atoms with Gasteiger partial charge in [-0.1, -0.05) is 30.3 Å². The maximum absolute atomic E-state index is 13.7. The van der Waals surface area contributed by atoms with Gasteiger partial charge in [0.25, 0.3) is 5.56 Å². The number of hydrogen-bond donors (Lipinski definition) is 0. The van der Waals surface area contributed by atoms with E-state index in [4.69, 9.17) is 0 Å². The SMILES string of the molecule is Cc1nc2ccc(N(C)c3ccc(F)cc3)cc2c(=O)n1[C@H](CS(C)=O)c1ccccc1. The topological polar surface area (TPSA) is 55.2 Å². The highest BCUT2D eigenvalue weighted by Gasteiger charge is 2.21. The van der Waals surface area contributed by atoms with Gasteiger partial charge in [-0.15, -0.1) is 0 Å². The third kappa shape index (κ3) is 4.34. The average molecular weight is 450 g/mol. The summed E-state index contributed by atoms with van der Waals surface area (Å²) in [5, 5.41) is 0.477. The third-order valence-corrected chi connectivity index (χ3v) is 6.34. The molecular weight excluding hydrogens is 425 g/mol. The number of halogens is 1. The number of aryl methyl sites for hydroxylation is 1. The summed E-state index contributed by atoms with van der Waals surface area (Å²) in [6, 6.07) is 20.9. The number of benzene rings is 3. The molecule has 0 bridgehead atoms. The van der Waals surface area contributed by atoms with E-state index < -0.39 is 10.8 Å². The summed E-state index contributed by atoms with van der Waals surface area (Å²) in [6.07, 6.45) is 1.64. The number of fused-ring (bicyclic) bond motifs is 1. The van der Waals surface area contributed by atoms with Crippen molar-refractivity contribution in [1.29, 1.82) is 0 Å². The van der Waals surface area contributed by atoms with Gasteiger partial charge in [-0.25, -0.2) is 9.37 Å². The van der Waals surface area contributed by atoms with Gasteiger partial charge in [0.1, 0.15) is 11.6 Å². The Morgan fingerprint density at radius 3 is 2.34 bits per heavy atom. The molecule has 0 aliphatic rings. The van der Waals surface area contributed by atoms with Crippen molar-refractivity contribution in [2.24, 2.45) is 0 Å². The van der Waals surface area contributed by atoms with Crippen LogP contribution in [0, 0.1) is 12.7 Å². The second kappa shape index (κ2) is 9.04. The summed E-state index contributed by atoms with van der Waals surface area (Å²) in [5.41, 5.74) is 2.92. The Morgan fingerprint density at radius 2 is 1.69 bits per heavy atom. The molecule has 1 heterocycles. The Balaban J connectivity index is 1.86. The highest BCUT2D eigenvalue weighted by atomic mass is 32.2. The van der Waals surface area contributed by atoms with E-state index in [1.54, 1.807) is 35.9 Å². The van der Waals surface area contributed by atoms with Crippen molar-refractivity contribution in [2.45, 2.75) is 13.0 Å². The largest absolute Gasteiger partial charge is 0.345 e. The van der Waals surface area contributed by atoms with Crippen molar-refractivity contribution in [2.75, 3.05) is 24.0 Å². The lowest BCUT2D eigenvalue weighted by atomic mass is 10.1. The Bertz CT molecular complexity index is 1340. The molecule has 2 atom stereocenters. The number of aromatic nitrogens is 2. The summed E-state index contributed by atoms with van der Waals surface area (Å²) in [5.74, 6) is 0.581. The molecule has 0 aliphatic heterocycles. The summed E-state index contributed by atoms with van der Waals surface area (Å²) >= 11 is 0. The molecule has 1 unspecified atom stereocenters. The van der Waals surface area contributed by atoms with Crippen LogP contribution in [0.4, 0.5) is 15.8 Å². The van der Waals surface area contributed by atoms with Crippen molar-refractivity contribution in [3.05, 3.63) is 100 Å². The van der Waals surface area contributed by atoms with Gasteiger partial charge in [0.2, 0.25) is 0 Å². The van der Waals surface area contributed by atoms with Crippen molar-refractivity contribution >= 4 is 33.1 Å². The molecule has 0 radical (unpaired) electrons. The van der Waals surface area contributed by atoms with Crippen LogP contribution in [0.1, 0.15) is 17.4 Å². The summed E-state index contributed by atoms with van der Waals surface area (Å²) in [7, 11) is 0.751. The minimum atomic E-state index is -1.11. The Labute approximate surface area is 188 Å². The van der Waals surface area contributed by atoms with E-state index in [9.17, 15) is 13.4 Å². The van der Waals surface area contributed by atoms with Crippen LogP contribution in [0.25, 0.3) is 10.9 Å². The monoisotopic (exact) mass is 449 g/mol. The fraction of sp³-hybridized carbons (Fsp3) is 0.200. The quantitative estimate of drug-likeness (QED) is 0.432. The normalized spacial score (nSPS) is 13.1. The first-order valence-electron chi connectivity index (χ1n) is 10.2. The molecule has 0 N–H and O–H groups in total. The zero-order chi connectivity index (χ0) is 22.8. The lowest BCUT2D eigenvalue weighted by Gasteiger charge is -2.23. The number of anilines is 2. The lowest BCUT2D eigenvalue weighted by molar-refractivity contribution is 0.586. The fourth-order valence-corrected chi connectivity index (χ4v) is 4.69. The zero-order valence-corrected chi connectivity index (χ0v) is 19.0. The molecule has 4 rings (SSSR count). The van der Waals surface area contributed by atoms with Crippen LogP contribution in [0.3, 0.4) is 0 Å². The van der Waals surface area contributed by atoms with Gasteiger partial charge < -0.3 is 4.90 Å². The summed E-state index contributed by atoms with van der Waals surface area (Å²) in [4.78, 5) is 20.2. The standard InChI is InChI=1S/C25H24FN3O2S/c1-17-27-23-14-13-21(28(2)20-11-9-19(26)10-12-20)15-22(23)25(30)29(17)24(16-32(3)31)18-7-5-4-6-8-18/h4-15,24H,16H2,1-3H3/t24-,32?/m1/s1. The van der Waals surface area contributed by atoms with Crippen LogP contribution in [0.15, 0.2) is 77.6 Å². The van der Waals surface area contributed by atoms with Gasteiger partial charge in [-0.05, 0) is 55.0 Å². The number of nitrogens with zero attached hydrogens (tertiary/aromatic N) is 3. The molecule has 1 aromatic heterocycles. The van der Waals surface area contributed by atoms with Crippen LogP contribution >= 0.6 is 0 Å². The van der Waals surface area contributed by atoms with Crippen molar-refractivity contribution in [1.82, 2.24) is 9.55 Å². The van der Waals surface area contributed by atoms with Gasteiger partial charge in [-0.3, -0.25) is 13.6 Å². The predicted molar refractivity (Wildman–Crippen MR) is 129 cm³/mol. The molecule has 0 saturated carbocycles. The molecule has 0 spiro atoms. The Hall–Kier alpha value is -3.32. The third-order valence-electron chi connectivity index (χ3n) is 5.55. The highest BCUT2D eigenvalue weighted by molar-refractivity contribution is 7.84. The number of hydrogen-bond acceptors (Lipinski definition) is 4. The van der Waals surface area contributed by atoms with Crippen LogP contribution in [-0.2, 0) is 10.8 Å². The van der Waals surface area contributed by atoms with Crippen molar-refractivity contribution in [3.63, 3.8) is 0 Å². The molecular formula is C25H24FN3O2S. The summed E-state index contributed by atoms with van der Waals surface area (Å²) in [6.45, 7) is 1.80. The van der Waals surface area contributed by atoms with Gasteiger partial charge in [0.15, 0.2) is 0 Å². The number of rotatable bonds is 6. The van der Waals surface area contributed by atoms with Crippen LogP contribution in [0.2, 0.25) is 0 Å². The van der Waals surface area contributed by atoms with Crippen molar-refractivity contribution < 1.29 is 8.60 Å². The van der Waals surface area contributed by atoms with E-state index in [1.807, 2.05) is 54.4 Å². The van der Waals surface area contributed by atoms with Gasteiger partial charge >= 0.3 is 0 Å².